The van der Waals surface area contributed by atoms with Crippen LogP contribution in [0.3, 0.4) is 0 Å². The van der Waals surface area contributed by atoms with Crippen LogP contribution >= 0.6 is 0 Å². The molecule has 0 spiro atoms. The first-order valence-corrected chi connectivity index (χ1v) is 8.63. The Bertz CT molecular complexity index is 897. The van der Waals surface area contributed by atoms with Crippen LogP contribution in [0.5, 0.6) is 0 Å². The molecule has 2 heterocycles. The number of benzene rings is 2. The van der Waals surface area contributed by atoms with Gasteiger partial charge in [0.1, 0.15) is 0 Å². The molecule has 6 heteroatoms. The summed E-state index contributed by atoms with van der Waals surface area (Å²) < 4.78 is 0. The van der Waals surface area contributed by atoms with Crippen molar-refractivity contribution in [2.45, 2.75) is 19.3 Å². The Morgan fingerprint density at radius 2 is 1.00 bits per heavy atom. The summed E-state index contributed by atoms with van der Waals surface area (Å²) in [5.41, 5.74) is 3.19. The van der Waals surface area contributed by atoms with Crippen LogP contribution in [0, 0.1) is 0 Å². The van der Waals surface area contributed by atoms with Gasteiger partial charge in [-0.1, -0.05) is 24.3 Å². The Morgan fingerprint density at radius 3 is 1.44 bits per heavy atom. The van der Waals surface area contributed by atoms with Gasteiger partial charge in [-0.3, -0.25) is 24.1 Å². The number of rotatable bonds is 4. The minimum absolute atomic E-state index is 0.163. The lowest BCUT2D eigenvalue weighted by molar-refractivity contribution is -0.122. The zero-order chi connectivity index (χ0) is 19.0. The second-order valence-corrected chi connectivity index (χ2v) is 6.48. The van der Waals surface area contributed by atoms with E-state index < -0.39 is 0 Å². The van der Waals surface area contributed by atoms with Crippen LogP contribution in [0.2, 0.25) is 0 Å². The van der Waals surface area contributed by atoms with Gasteiger partial charge in [0.2, 0.25) is 11.8 Å². The fourth-order valence-corrected chi connectivity index (χ4v) is 3.28. The maximum Gasteiger partial charge on any atom is 0.258 e. The molecule has 0 radical (unpaired) electrons. The molecule has 27 heavy (non-hydrogen) atoms. The summed E-state index contributed by atoms with van der Waals surface area (Å²) in [4.78, 5) is 49.4. The van der Waals surface area contributed by atoms with E-state index in [1.54, 1.807) is 24.3 Å². The van der Waals surface area contributed by atoms with Crippen molar-refractivity contribution in [1.82, 2.24) is 0 Å². The summed E-state index contributed by atoms with van der Waals surface area (Å²) in [6.07, 6.45) is 3.71. The van der Waals surface area contributed by atoms with Gasteiger partial charge in [0, 0.05) is 25.0 Å². The van der Waals surface area contributed by atoms with E-state index in [2.05, 4.69) is 0 Å². The predicted octanol–water partition coefficient (Wildman–Crippen LogP) is 2.36. The van der Waals surface area contributed by atoms with Crippen molar-refractivity contribution in [3.8, 4) is 0 Å². The highest BCUT2D eigenvalue weighted by Gasteiger charge is 2.30. The molecule has 4 amide bonds. The minimum atomic E-state index is -0.339. The SMILES string of the molecule is O=C1C=CC(=O)N1c1ccc(Cc2ccc(N3C(=O)CCC3=O)cc2)cc1. The fourth-order valence-electron chi connectivity index (χ4n) is 3.28. The zero-order valence-electron chi connectivity index (χ0n) is 14.4. The third kappa shape index (κ3) is 3.17. The standard InChI is InChI=1S/C21H16N2O4/c24-18-9-10-19(25)22(18)16-5-1-14(2-6-16)13-15-3-7-17(8-4-15)23-20(26)11-12-21(23)27/h1-10H,11-13H2. The first-order chi connectivity index (χ1) is 13.0. The lowest BCUT2D eigenvalue weighted by Crippen LogP contribution is -2.29. The molecule has 0 aliphatic carbocycles. The predicted molar refractivity (Wildman–Crippen MR) is 99.1 cm³/mol. The minimum Gasteiger partial charge on any atom is -0.274 e. The molecule has 6 nitrogen and oxygen atoms in total. The number of imide groups is 2. The van der Waals surface area contributed by atoms with Gasteiger partial charge in [0.25, 0.3) is 11.8 Å². The Hall–Kier alpha value is -3.54. The average Bonchev–Trinajstić information content (AvgIpc) is 3.18. The number of carbonyl (C=O) groups excluding carboxylic acids is 4. The summed E-state index contributed by atoms with van der Waals surface area (Å²) in [5.74, 6) is -1.00. The van der Waals surface area contributed by atoms with Crippen molar-refractivity contribution >= 4 is 35.0 Å². The van der Waals surface area contributed by atoms with E-state index in [9.17, 15) is 19.2 Å². The van der Waals surface area contributed by atoms with E-state index >= 15 is 0 Å². The highest BCUT2D eigenvalue weighted by molar-refractivity contribution is 6.28. The number of hydrogen-bond donors (Lipinski definition) is 0. The van der Waals surface area contributed by atoms with E-state index in [0.29, 0.717) is 17.8 Å². The van der Waals surface area contributed by atoms with Gasteiger partial charge in [-0.2, -0.15) is 0 Å². The number of anilines is 2. The number of nitrogens with zero attached hydrogens (tertiary/aromatic N) is 2. The summed E-state index contributed by atoms with van der Waals surface area (Å²) in [6.45, 7) is 0. The lowest BCUT2D eigenvalue weighted by atomic mass is 10.0. The van der Waals surface area contributed by atoms with Gasteiger partial charge in [0.15, 0.2) is 0 Å². The van der Waals surface area contributed by atoms with Crippen LogP contribution in [0.15, 0.2) is 60.7 Å². The average molecular weight is 360 g/mol. The van der Waals surface area contributed by atoms with Crippen molar-refractivity contribution in [2.24, 2.45) is 0 Å². The van der Waals surface area contributed by atoms with Crippen LogP contribution in [-0.4, -0.2) is 23.6 Å². The Balaban J connectivity index is 1.46. The monoisotopic (exact) mass is 360 g/mol. The molecular formula is C21H16N2O4. The van der Waals surface area contributed by atoms with Crippen molar-refractivity contribution in [2.75, 3.05) is 9.80 Å². The van der Waals surface area contributed by atoms with Gasteiger partial charge >= 0.3 is 0 Å². The van der Waals surface area contributed by atoms with E-state index in [1.165, 1.54) is 17.1 Å². The molecule has 1 saturated heterocycles. The van der Waals surface area contributed by atoms with Crippen molar-refractivity contribution in [3.63, 3.8) is 0 Å². The largest absolute Gasteiger partial charge is 0.274 e. The Morgan fingerprint density at radius 1 is 0.593 bits per heavy atom. The van der Waals surface area contributed by atoms with E-state index in [4.69, 9.17) is 0 Å². The maximum absolute atomic E-state index is 11.8. The molecule has 0 atom stereocenters. The summed E-state index contributed by atoms with van der Waals surface area (Å²) in [6, 6.07) is 14.6. The third-order valence-electron chi connectivity index (χ3n) is 4.66. The highest BCUT2D eigenvalue weighted by Crippen LogP contribution is 2.24. The smallest absolute Gasteiger partial charge is 0.258 e. The van der Waals surface area contributed by atoms with Gasteiger partial charge in [0.05, 0.1) is 11.4 Å². The van der Waals surface area contributed by atoms with Crippen molar-refractivity contribution in [1.29, 1.82) is 0 Å². The molecule has 2 aliphatic heterocycles. The molecule has 4 rings (SSSR count). The van der Waals surface area contributed by atoms with E-state index in [0.717, 1.165) is 16.0 Å². The maximum atomic E-state index is 11.8. The Kier molecular flexibility index (Phi) is 4.16. The van der Waals surface area contributed by atoms with Gasteiger partial charge in [-0.25, -0.2) is 4.90 Å². The second kappa shape index (κ2) is 6.64. The van der Waals surface area contributed by atoms with Crippen LogP contribution in [0.25, 0.3) is 0 Å². The molecule has 0 unspecified atom stereocenters. The highest BCUT2D eigenvalue weighted by atomic mass is 16.2. The van der Waals surface area contributed by atoms with Gasteiger partial charge in [-0.05, 0) is 41.8 Å². The topological polar surface area (TPSA) is 74.8 Å². The summed E-state index contributed by atoms with van der Waals surface area (Å²) >= 11 is 0. The summed E-state index contributed by atoms with van der Waals surface area (Å²) in [5, 5.41) is 0. The molecule has 0 bridgehead atoms. The van der Waals surface area contributed by atoms with Crippen LogP contribution in [0.4, 0.5) is 11.4 Å². The molecule has 2 aromatic carbocycles. The third-order valence-corrected chi connectivity index (χ3v) is 4.66. The van der Waals surface area contributed by atoms with Crippen LogP contribution < -0.4 is 9.80 Å². The molecule has 0 aromatic heterocycles. The quantitative estimate of drug-likeness (QED) is 0.785. The Labute approximate surface area is 155 Å². The molecule has 2 aliphatic rings. The number of hydrogen-bond acceptors (Lipinski definition) is 4. The van der Waals surface area contributed by atoms with E-state index in [1.807, 2.05) is 24.3 Å². The summed E-state index contributed by atoms with van der Waals surface area (Å²) in [7, 11) is 0. The van der Waals surface area contributed by atoms with Gasteiger partial charge < -0.3 is 0 Å². The molecule has 0 saturated carbocycles. The molecule has 1 fully saturated rings. The molecular weight excluding hydrogens is 344 g/mol. The first-order valence-electron chi connectivity index (χ1n) is 8.63. The lowest BCUT2D eigenvalue weighted by Gasteiger charge is -2.15. The second-order valence-electron chi connectivity index (χ2n) is 6.48. The molecule has 2 aromatic rings. The van der Waals surface area contributed by atoms with E-state index in [-0.39, 0.29) is 36.5 Å². The fraction of sp³-hybridized carbons (Fsp3) is 0.143. The molecule has 0 N–H and O–H groups in total. The van der Waals surface area contributed by atoms with Crippen LogP contribution in [-0.2, 0) is 25.6 Å². The van der Waals surface area contributed by atoms with Crippen molar-refractivity contribution in [3.05, 3.63) is 71.8 Å². The zero-order valence-corrected chi connectivity index (χ0v) is 14.4. The normalized spacial score (nSPS) is 16.7. The first kappa shape index (κ1) is 16.9. The molecule has 134 valence electrons. The van der Waals surface area contributed by atoms with Crippen molar-refractivity contribution < 1.29 is 19.2 Å². The number of amides is 4. The number of carbonyl (C=O) groups is 4. The van der Waals surface area contributed by atoms with Gasteiger partial charge in [-0.15, -0.1) is 0 Å². The van der Waals surface area contributed by atoms with Crippen LogP contribution in [0.1, 0.15) is 24.0 Å².